The Kier molecular flexibility index (Phi) is 7.33. The maximum Gasteiger partial charge on any atom is 0.224 e. The van der Waals surface area contributed by atoms with E-state index in [1.54, 1.807) is 12.1 Å². The zero-order valence-electron chi connectivity index (χ0n) is 12.9. The van der Waals surface area contributed by atoms with Gasteiger partial charge in [0.2, 0.25) is 5.91 Å². The van der Waals surface area contributed by atoms with Crippen molar-refractivity contribution in [3.63, 3.8) is 0 Å². The number of rotatable bonds is 8. The molecular weight excluding hydrogens is 285 g/mol. The topological polar surface area (TPSA) is 47.6 Å². The van der Waals surface area contributed by atoms with E-state index in [-0.39, 0.29) is 18.1 Å². The lowest BCUT2D eigenvalue weighted by Gasteiger charge is -2.21. The van der Waals surface area contributed by atoms with Crippen LogP contribution in [-0.4, -0.2) is 38.9 Å². The Balaban J connectivity index is 1.49. The fraction of sp³-hybridized carbons (Fsp3) is 0.588. The fourth-order valence-electron chi connectivity index (χ4n) is 2.42. The Morgan fingerprint density at radius 3 is 2.73 bits per heavy atom. The minimum Gasteiger partial charge on any atom is -0.381 e. The van der Waals surface area contributed by atoms with Gasteiger partial charge in [-0.1, -0.05) is 12.1 Å². The molecule has 0 atom stereocenters. The van der Waals surface area contributed by atoms with Gasteiger partial charge in [-0.3, -0.25) is 4.79 Å². The van der Waals surface area contributed by atoms with Crippen LogP contribution in [0.2, 0.25) is 0 Å². The van der Waals surface area contributed by atoms with E-state index in [1.807, 2.05) is 0 Å². The number of halogens is 1. The first-order valence-electron chi connectivity index (χ1n) is 7.90. The van der Waals surface area contributed by atoms with E-state index < -0.39 is 0 Å². The standard InChI is InChI=1S/C17H24FNO3/c18-16-4-2-14(3-5-16)12-17(20)19-8-1-9-22-13-15-6-10-21-11-7-15/h2-5,15H,1,6-13H2,(H,19,20). The molecule has 1 N–H and O–H groups in total. The molecular formula is C17H24FNO3. The smallest absolute Gasteiger partial charge is 0.224 e. The molecule has 122 valence electrons. The summed E-state index contributed by atoms with van der Waals surface area (Å²) in [5.74, 6) is 0.281. The summed E-state index contributed by atoms with van der Waals surface area (Å²) in [6.45, 7) is 3.73. The van der Waals surface area contributed by atoms with Crippen LogP contribution in [0.3, 0.4) is 0 Å². The largest absolute Gasteiger partial charge is 0.381 e. The SMILES string of the molecule is O=C(Cc1ccc(F)cc1)NCCCOCC1CCOCC1. The summed E-state index contributed by atoms with van der Waals surface area (Å²) >= 11 is 0. The maximum absolute atomic E-state index is 12.8. The molecule has 0 aromatic heterocycles. The van der Waals surface area contributed by atoms with Crippen molar-refractivity contribution in [2.75, 3.05) is 33.0 Å². The summed E-state index contributed by atoms with van der Waals surface area (Å²) in [7, 11) is 0. The van der Waals surface area contributed by atoms with Gasteiger partial charge in [0.25, 0.3) is 0 Å². The highest BCUT2D eigenvalue weighted by atomic mass is 19.1. The van der Waals surface area contributed by atoms with Crippen molar-refractivity contribution < 1.29 is 18.7 Å². The Hall–Kier alpha value is -1.46. The van der Waals surface area contributed by atoms with Crippen LogP contribution in [0.5, 0.6) is 0 Å². The molecule has 1 aromatic carbocycles. The summed E-state index contributed by atoms with van der Waals surface area (Å²) in [5.41, 5.74) is 0.815. The normalized spacial score (nSPS) is 15.7. The van der Waals surface area contributed by atoms with E-state index in [2.05, 4.69) is 5.32 Å². The molecule has 1 heterocycles. The average molecular weight is 309 g/mol. The maximum atomic E-state index is 12.8. The van der Waals surface area contributed by atoms with Gasteiger partial charge in [0.1, 0.15) is 5.82 Å². The number of carbonyl (C=O) groups excluding carboxylic acids is 1. The quantitative estimate of drug-likeness (QED) is 0.750. The summed E-state index contributed by atoms with van der Waals surface area (Å²) in [5, 5.41) is 2.85. The number of ether oxygens (including phenoxy) is 2. The van der Waals surface area contributed by atoms with Gasteiger partial charge in [0, 0.05) is 33.0 Å². The van der Waals surface area contributed by atoms with Gasteiger partial charge in [-0.2, -0.15) is 0 Å². The number of benzene rings is 1. The number of hydrogen-bond acceptors (Lipinski definition) is 3. The molecule has 1 fully saturated rings. The first-order chi connectivity index (χ1) is 10.7. The predicted molar refractivity (Wildman–Crippen MR) is 82.1 cm³/mol. The molecule has 0 saturated carbocycles. The van der Waals surface area contributed by atoms with Crippen molar-refractivity contribution in [2.24, 2.45) is 5.92 Å². The van der Waals surface area contributed by atoms with Gasteiger partial charge in [-0.15, -0.1) is 0 Å². The van der Waals surface area contributed by atoms with E-state index >= 15 is 0 Å². The molecule has 4 nitrogen and oxygen atoms in total. The Bertz CT molecular complexity index is 444. The van der Waals surface area contributed by atoms with Crippen molar-refractivity contribution in [1.82, 2.24) is 5.32 Å². The lowest BCUT2D eigenvalue weighted by atomic mass is 10.0. The molecule has 0 spiro atoms. The van der Waals surface area contributed by atoms with Gasteiger partial charge in [-0.25, -0.2) is 4.39 Å². The van der Waals surface area contributed by atoms with Gasteiger partial charge in [0.05, 0.1) is 6.42 Å². The molecule has 1 aromatic rings. The summed E-state index contributed by atoms with van der Waals surface area (Å²) in [6.07, 6.45) is 3.24. The Morgan fingerprint density at radius 2 is 2.00 bits per heavy atom. The van der Waals surface area contributed by atoms with E-state index in [0.29, 0.717) is 19.1 Å². The first kappa shape index (κ1) is 16.9. The second kappa shape index (κ2) is 9.54. The van der Waals surface area contributed by atoms with Crippen LogP contribution >= 0.6 is 0 Å². The lowest BCUT2D eigenvalue weighted by molar-refractivity contribution is -0.120. The molecule has 0 radical (unpaired) electrons. The van der Waals surface area contributed by atoms with Gasteiger partial charge < -0.3 is 14.8 Å². The highest BCUT2D eigenvalue weighted by molar-refractivity contribution is 5.78. The average Bonchev–Trinajstić information content (AvgIpc) is 2.54. The lowest BCUT2D eigenvalue weighted by Crippen LogP contribution is -2.27. The van der Waals surface area contributed by atoms with Crippen LogP contribution in [0.25, 0.3) is 0 Å². The number of carbonyl (C=O) groups is 1. The highest BCUT2D eigenvalue weighted by Crippen LogP contribution is 2.14. The van der Waals surface area contributed by atoms with Crippen LogP contribution < -0.4 is 5.32 Å². The van der Waals surface area contributed by atoms with Crippen molar-refractivity contribution in [3.8, 4) is 0 Å². The third-order valence-corrected chi connectivity index (χ3v) is 3.76. The summed E-state index contributed by atoms with van der Waals surface area (Å²) in [6, 6.07) is 6.00. The molecule has 2 rings (SSSR count). The second-order valence-electron chi connectivity index (χ2n) is 5.64. The van der Waals surface area contributed by atoms with Crippen molar-refractivity contribution in [3.05, 3.63) is 35.6 Å². The third-order valence-electron chi connectivity index (χ3n) is 3.76. The minimum atomic E-state index is -0.286. The van der Waals surface area contributed by atoms with Crippen LogP contribution in [-0.2, 0) is 20.7 Å². The summed E-state index contributed by atoms with van der Waals surface area (Å²) < 4.78 is 23.7. The number of amides is 1. The first-order valence-corrected chi connectivity index (χ1v) is 7.90. The van der Waals surface area contributed by atoms with Gasteiger partial charge in [-0.05, 0) is 42.9 Å². The van der Waals surface area contributed by atoms with Gasteiger partial charge >= 0.3 is 0 Å². The zero-order chi connectivity index (χ0) is 15.6. The second-order valence-corrected chi connectivity index (χ2v) is 5.64. The molecule has 1 aliphatic rings. The Morgan fingerprint density at radius 1 is 1.27 bits per heavy atom. The van der Waals surface area contributed by atoms with E-state index in [9.17, 15) is 9.18 Å². The minimum absolute atomic E-state index is 0.0453. The van der Waals surface area contributed by atoms with Crippen molar-refractivity contribution >= 4 is 5.91 Å². The van der Waals surface area contributed by atoms with E-state index in [1.165, 1.54) is 12.1 Å². The third kappa shape index (κ3) is 6.54. The Labute approximate surface area is 131 Å². The van der Waals surface area contributed by atoms with Crippen molar-refractivity contribution in [1.29, 1.82) is 0 Å². The van der Waals surface area contributed by atoms with E-state index in [0.717, 1.165) is 44.6 Å². The number of hydrogen-bond donors (Lipinski definition) is 1. The zero-order valence-corrected chi connectivity index (χ0v) is 12.9. The fourth-order valence-corrected chi connectivity index (χ4v) is 2.42. The van der Waals surface area contributed by atoms with Crippen molar-refractivity contribution in [2.45, 2.75) is 25.7 Å². The molecule has 1 aliphatic heterocycles. The highest BCUT2D eigenvalue weighted by Gasteiger charge is 2.13. The number of nitrogens with one attached hydrogen (secondary N) is 1. The molecule has 0 aliphatic carbocycles. The monoisotopic (exact) mass is 309 g/mol. The molecule has 0 bridgehead atoms. The predicted octanol–water partition coefficient (Wildman–Crippen LogP) is 2.32. The molecule has 1 amide bonds. The van der Waals surface area contributed by atoms with Crippen LogP contribution in [0.1, 0.15) is 24.8 Å². The molecule has 1 saturated heterocycles. The van der Waals surface area contributed by atoms with Crippen LogP contribution in [0, 0.1) is 11.7 Å². The van der Waals surface area contributed by atoms with Crippen LogP contribution in [0.15, 0.2) is 24.3 Å². The van der Waals surface area contributed by atoms with Gasteiger partial charge in [0.15, 0.2) is 0 Å². The van der Waals surface area contributed by atoms with Crippen LogP contribution in [0.4, 0.5) is 4.39 Å². The molecule has 5 heteroatoms. The summed E-state index contributed by atoms with van der Waals surface area (Å²) in [4.78, 5) is 11.7. The molecule has 0 unspecified atom stereocenters. The van der Waals surface area contributed by atoms with E-state index in [4.69, 9.17) is 9.47 Å². The molecule has 22 heavy (non-hydrogen) atoms.